The summed E-state index contributed by atoms with van der Waals surface area (Å²) in [6.07, 6.45) is 0. The summed E-state index contributed by atoms with van der Waals surface area (Å²) < 4.78 is 15.4. The largest absolute Gasteiger partial charge is 0.453 e. The van der Waals surface area contributed by atoms with E-state index < -0.39 is 0 Å². The Labute approximate surface area is 564 Å². The van der Waals surface area contributed by atoms with Crippen molar-refractivity contribution in [3.63, 3.8) is 0 Å². The monoisotopic (exact) mass is 1250 g/mol. The van der Waals surface area contributed by atoms with Gasteiger partial charge >= 0.3 is 0 Å². The van der Waals surface area contributed by atoms with Crippen LogP contribution in [0.25, 0.3) is 138 Å². The molecule has 0 aliphatic carbocycles. The fraction of sp³-hybridized carbons (Fsp3) is 0.270. The van der Waals surface area contributed by atoms with Crippen LogP contribution in [-0.2, 0) is 32.5 Å². The summed E-state index contributed by atoms with van der Waals surface area (Å²) in [5.74, 6) is 0.526. The Balaban J connectivity index is 1.23. The topological polar surface area (TPSA) is 77.5 Å². The lowest BCUT2D eigenvalue weighted by molar-refractivity contribution is 0.590. The Morgan fingerprint density at radius 2 is 0.625 bits per heavy atom. The van der Waals surface area contributed by atoms with Crippen molar-refractivity contribution < 1.29 is 4.42 Å². The molecule has 0 amide bonds. The van der Waals surface area contributed by atoms with Crippen molar-refractivity contribution in [2.24, 2.45) is 0 Å². The fourth-order valence-corrected chi connectivity index (χ4v) is 14.6. The summed E-state index contributed by atoms with van der Waals surface area (Å²) in [4.78, 5) is 11.0. The SMILES string of the molecule is CC(C)(C)c1ccc2c(c1)c1cc(C(C)(C)C)ccc1n2-c1c(C#N)c(-n2c3ccc(C(C)(C)C)cc3c3cc(C(C)(C)C)ccc32)c2c(oc3c(-c4nc(-c5ccccc5)cc(-c5ccccc5)n4)cccc32)c1-n1c2ccc(C(C)(C)C)cc2c2cc(C(C)(C)C)ccc21. The van der Waals surface area contributed by atoms with Gasteiger partial charge in [0.15, 0.2) is 11.4 Å². The molecule has 0 atom stereocenters. The minimum Gasteiger partial charge on any atom is -0.453 e. The van der Waals surface area contributed by atoms with E-state index in [1.165, 1.54) is 33.4 Å². The number of hydrogen-bond donors (Lipinski definition) is 0. The van der Waals surface area contributed by atoms with Crippen LogP contribution in [0, 0.1) is 11.3 Å². The van der Waals surface area contributed by atoms with Crippen molar-refractivity contribution >= 4 is 87.4 Å². The van der Waals surface area contributed by atoms with Crippen LogP contribution in [0.3, 0.4) is 0 Å². The second kappa shape index (κ2) is 21.5. The minimum absolute atomic E-state index is 0.151. The van der Waals surface area contributed by atoms with E-state index in [0.29, 0.717) is 28.2 Å². The third kappa shape index (κ3) is 10.0. The molecule has 0 aliphatic rings. The van der Waals surface area contributed by atoms with Crippen LogP contribution in [0.5, 0.6) is 0 Å². The van der Waals surface area contributed by atoms with Crippen molar-refractivity contribution in [2.75, 3.05) is 0 Å². The van der Waals surface area contributed by atoms with Crippen LogP contribution in [0.15, 0.2) is 199 Å². The highest BCUT2D eigenvalue weighted by atomic mass is 16.3. The maximum absolute atomic E-state index is 13.2. The molecular weight excluding hydrogens is 1170 g/mol. The summed E-state index contributed by atoms with van der Waals surface area (Å²) in [7, 11) is 0. The summed E-state index contributed by atoms with van der Waals surface area (Å²) in [6, 6.07) is 74.4. The second-order valence-electron chi connectivity index (χ2n) is 33.1. The Bertz CT molecular complexity index is 5480. The summed E-state index contributed by atoms with van der Waals surface area (Å²) in [5.41, 5.74) is 20.6. The van der Waals surface area contributed by atoms with E-state index >= 15 is 0 Å². The van der Waals surface area contributed by atoms with Crippen molar-refractivity contribution in [1.82, 2.24) is 23.7 Å². The number of hydrogen-bond acceptors (Lipinski definition) is 4. The van der Waals surface area contributed by atoms with Gasteiger partial charge in [-0.15, -0.1) is 0 Å². The molecule has 0 saturated carbocycles. The number of nitrogens with zero attached hydrogens (tertiary/aromatic N) is 6. The number of aromatic nitrogens is 5. The van der Waals surface area contributed by atoms with Gasteiger partial charge in [-0.2, -0.15) is 5.26 Å². The molecule has 0 aliphatic heterocycles. The molecule has 0 fully saturated rings. The molecule has 5 aromatic heterocycles. The third-order valence-corrected chi connectivity index (χ3v) is 20.2. The van der Waals surface area contributed by atoms with Crippen molar-refractivity contribution in [3.05, 3.63) is 233 Å². The van der Waals surface area contributed by atoms with E-state index in [4.69, 9.17) is 14.4 Å². The van der Waals surface area contributed by atoms with E-state index in [0.717, 1.165) is 116 Å². The second-order valence-corrected chi connectivity index (χ2v) is 33.1. The molecule has 7 nitrogen and oxygen atoms in total. The van der Waals surface area contributed by atoms with E-state index in [9.17, 15) is 5.26 Å². The number of fused-ring (bicyclic) bond motifs is 12. The third-order valence-electron chi connectivity index (χ3n) is 20.2. The summed E-state index contributed by atoms with van der Waals surface area (Å²) >= 11 is 0. The van der Waals surface area contributed by atoms with Crippen LogP contribution >= 0.6 is 0 Å². The molecule has 7 heteroatoms. The van der Waals surface area contributed by atoms with Crippen LogP contribution in [0.2, 0.25) is 0 Å². The van der Waals surface area contributed by atoms with E-state index in [1.54, 1.807) is 0 Å². The number of furan rings is 1. The molecule has 0 unspecified atom stereocenters. The van der Waals surface area contributed by atoms with Gasteiger partial charge < -0.3 is 18.1 Å². The van der Waals surface area contributed by atoms with Gasteiger partial charge in [-0.25, -0.2) is 9.97 Å². The predicted molar refractivity (Wildman–Crippen MR) is 406 cm³/mol. The zero-order valence-electron chi connectivity index (χ0n) is 59.1. The van der Waals surface area contributed by atoms with Gasteiger partial charge in [-0.05, 0) is 151 Å². The van der Waals surface area contributed by atoms with Gasteiger partial charge in [0.1, 0.15) is 22.9 Å². The lowest BCUT2D eigenvalue weighted by atomic mass is 9.85. The molecule has 96 heavy (non-hydrogen) atoms. The Morgan fingerprint density at radius 1 is 0.312 bits per heavy atom. The Morgan fingerprint density at radius 3 is 0.938 bits per heavy atom. The Hall–Kier alpha value is -10.0. The van der Waals surface area contributed by atoms with E-state index in [1.807, 2.05) is 12.1 Å². The van der Waals surface area contributed by atoms with E-state index in [2.05, 4.69) is 326 Å². The maximum Gasteiger partial charge on any atom is 0.164 e. The van der Waals surface area contributed by atoms with Crippen molar-refractivity contribution in [1.29, 1.82) is 5.26 Å². The van der Waals surface area contributed by atoms with Gasteiger partial charge in [-0.3, -0.25) is 0 Å². The first-order chi connectivity index (χ1) is 45.4. The van der Waals surface area contributed by atoms with Crippen molar-refractivity contribution in [3.8, 4) is 57.0 Å². The molecule has 15 rings (SSSR count). The van der Waals surface area contributed by atoms with Gasteiger partial charge in [0, 0.05) is 48.8 Å². The summed E-state index contributed by atoms with van der Waals surface area (Å²) in [6.45, 7) is 41.2. The molecule has 0 saturated heterocycles. The maximum atomic E-state index is 13.2. The number of para-hydroxylation sites is 1. The molecule has 478 valence electrons. The highest BCUT2D eigenvalue weighted by Gasteiger charge is 2.36. The number of nitriles is 1. The zero-order chi connectivity index (χ0) is 67.7. The quantitative estimate of drug-likeness (QED) is 0.166. The standard InChI is InChI=1S/C89H86N6O/c1-84(2,3)54-32-38-71-62(44-54)63-45-55(85(4,5)6)33-39-72(63)93(71)78-68(51-90)79(94-73-40-34-56(86(7,8)9)46-64(73)65-47-57(87(10,11)12)35-41-74(65)94)80(95-75-42-36-58(88(13,14)15)48-66(75)67-49-59(89(16,17)18)37-43-76(67)95)82-77(78)60-30-25-31-61(81(60)96-82)83-91-69(52-26-21-19-22-27-52)50-70(92-83)53-28-23-20-24-29-53/h19-50H,1-18H3. The van der Waals surface area contributed by atoms with Gasteiger partial charge in [-0.1, -0.05) is 234 Å². The number of benzene rings is 10. The highest BCUT2D eigenvalue weighted by molar-refractivity contribution is 6.22. The van der Waals surface area contributed by atoms with Gasteiger partial charge in [0.25, 0.3) is 0 Å². The van der Waals surface area contributed by atoms with Crippen LogP contribution in [0.1, 0.15) is 164 Å². The normalized spacial score (nSPS) is 13.1. The highest BCUT2D eigenvalue weighted by Crippen LogP contribution is 2.52. The van der Waals surface area contributed by atoms with Crippen LogP contribution < -0.4 is 0 Å². The van der Waals surface area contributed by atoms with Gasteiger partial charge in [0.2, 0.25) is 0 Å². The number of rotatable bonds is 6. The van der Waals surface area contributed by atoms with E-state index in [-0.39, 0.29) is 32.5 Å². The first-order valence-corrected chi connectivity index (χ1v) is 34.1. The average molecular weight is 1260 g/mol. The zero-order valence-corrected chi connectivity index (χ0v) is 59.1. The molecule has 0 radical (unpaired) electrons. The predicted octanol–water partition coefficient (Wildman–Crippen LogP) is 24.3. The molecule has 0 N–H and O–H groups in total. The molecule has 0 bridgehead atoms. The first kappa shape index (κ1) is 62.1. The minimum atomic E-state index is -0.158. The Kier molecular flexibility index (Phi) is 13.9. The first-order valence-electron chi connectivity index (χ1n) is 34.1. The molecule has 10 aromatic carbocycles. The lowest BCUT2D eigenvalue weighted by Crippen LogP contribution is -2.13. The fourth-order valence-electron chi connectivity index (χ4n) is 14.6. The molecule has 15 aromatic rings. The van der Waals surface area contributed by atoms with Crippen molar-refractivity contribution in [2.45, 2.75) is 157 Å². The average Bonchev–Trinajstić information content (AvgIpc) is 1.50. The molecule has 5 heterocycles. The lowest BCUT2D eigenvalue weighted by Gasteiger charge is -2.24. The van der Waals surface area contributed by atoms with Crippen LogP contribution in [0.4, 0.5) is 0 Å². The molecular formula is C89H86N6O. The van der Waals surface area contributed by atoms with Crippen LogP contribution in [-0.4, -0.2) is 23.7 Å². The van der Waals surface area contributed by atoms with Gasteiger partial charge in [0.05, 0.1) is 66.8 Å². The smallest absolute Gasteiger partial charge is 0.164 e. The summed E-state index contributed by atoms with van der Waals surface area (Å²) in [5, 5.41) is 21.6. The molecule has 0 spiro atoms.